The quantitative estimate of drug-likeness (QED) is 0.817. The predicted octanol–water partition coefficient (Wildman–Crippen LogP) is 3.10. The second kappa shape index (κ2) is 6.35. The highest BCUT2D eigenvalue weighted by Gasteiger charge is 2.40. The Balaban J connectivity index is 1.52. The molecule has 0 bridgehead atoms. The van der Waals surface area contributed by atoms with Crippen LogP contribution in [0.5, 0.6) is 0 Å². The van der Waals surface area contributed by atoms with Gasteiger partial charge in [-0.3, -0.25) is 4.57 Å². The van der Waals surface area contributed by atoms with Crippen molar-refractivity contribution in [2.75, 3.05) is 33.2 Å². The largest absolute Gasteiger partial charge is 0.368 e. The van der Waals surface area contributed by atoms with E-state index in [9.17, 15) is 0 Å². The molecule has 3 atom stereocenters. The maximum Gasteiger partial charge on any atom is 0.184 e. The number of thiophene rings is 1. The molecule has 0 aromatic carbocycles. The zero-order valence-electron chi connectivity index (χ0n) is 15.4. The fourth-order valence-corrected chi connectivity index (χ4v) is 5.46. The Labute approximate surface area is 158 Å². The van der Waals surface area contributed by atoms with Gasteiger partial charge in [0.25, 0.3) is 0 Å². The molecule has 2 aromatic rings. The molecule has 3 aliphatic heterocycles. The van der Waals surface area contributed by atoms with Crippen LogP contribution in [-0.2, 0) is 0 Å². The summed E-state index contributed by atoms with van der Waals surface area (Å²) in [6.07, 6.45) is 7.66. The third kappa shape index (κ3) is 2.72. The van der Waals surface area contributed by atoms with E-state index in [2.05, 4.69) is 68.2 Å². The van der Waals surface area contributed by atoms with Gasteiger partial charge < -0.3 is 9.80 Å². The van der Waals surface area contributed by atoms with Crippen molar-refractivity contribution in [2.45, 2.75) is 13.3 Å². The van der Waals surface area contributed by atoms with Crippen LogP contribution in [0.2, 0.25) is 0 Å². The van der Waals surface area contributed by atoms with E-state index < -0.39 is 0 Å². The standard InChI is InChI=1S/C20H25N5S/c1-14-5-6-17(24-11-15-9-23(2)10-16(15)12-24)20-22-21-13-25(20)18(8-14)19-4-3-7-26-19/h3-4,6-8,13-16H,5,9-12H2,1-2H3. The van der Waals surface area contributed by atoms with Gasteiger partial charge in [0, 0.05) is 26.2 Å². The lowest BCUT2D eigenvalue weighted by Gasteiger charge is -2.26. The Hall–Kier alpha value is -1.92. The van der Waals surface area contributed by atoms with Crippen molar-refractivity contribution in [3.05, 3.63) is 46.7 Å². The number of hydrogen-bond donors (Lipinski definition) is 0. The number of allylic oxidation sites excluding steroid dienone is 2. The van der Waals surface area contributed by atoms with Crippen LogP contribution in [0.4, 0.5) is 0 Å². The maximum atomic E-state index is 4.53. The lowest BCUT2D eigenvalue weighted by Crippen LogP contribution is -2.27. The molecule has 6 heteroatoms. The van der Waals surface area contributed by atoms with Gasteiger partial charge in [0.2, 0.25) is 0 Å². The van der Waals surface area contributed by atoms with Gasteiger partial charge in [-0.1, -0.05) is 25.1 Å². The highest BCUT2D eigenvalue weighted by atomic mass is 32.1. The van der Waals surface area contributed by atoms with Gasteiger partial charge in [-0.15, -0.1) is 21.5 Å². The molecule has 2 aromatic heterocycles. The van der Waals surface area contributed by atoms with E-state index in [-0.39, 0.29) is 0 Å². The molecule has 5 rings (SSSR count). The van der Waals surface area contributed by atoms with Crippen molar-refractivity contribution in [1.82, 2.24) is 24.6 Å². The van der Waals surface area contributed by atoms with Crippen LogP contribution in [-0.4, -0.2) is 57.8 Å². The fourth-order valence-electron chi connectivity index (χ4n) is 4.71. The number of fused-ring (bicyclic) bond motifs is 2. The first-order chi connectivity index (χ1) is 12.7. The summed E-state index contributed by atoms with van der Waals surface area (Å²) in [6.45, 7) is 7.01. The first-order valence-electron chi connectivity index (χ1n) is 9.49. The van der Waals surface area contributed by atoms with E-state index in [0.717, 1.165) is 37.2 Å². The molecule has 0 spiro atoms. The number of rotatable bonds is 2. The normalized spacial score (nSPS) is 29.0. The maximum absolute atomic E-state index is 4.53. The minimum atomic E-state index is 0.492. The Morgan fingerprint density at radius 3 is 2.65 bits per heavy atom. The van der Waals surface area contributed by atoms with Gasteiger partial charge in [0.15, 0.2) is 5.82 Å². The Kier molecular flexibility index (Phi) is 3.98. The van der Waals surface area contributed by atoms with Crippen molar-refractivity contribution in [2.24, 2.45) is 17.8 Å². The molecule has 5 nitrogen and oxygen atoms in total. The van der Waals surface area contributed by atoms with Crippen molar-refractivity contribution in [3.63, 3.8) is 0 Å². The fraction of sp³-hybridized carbons (Fsp3) is 0.500. The monoisotopic (exact) mass is 367 g/mol. The van der Waals surface area contributed by atoms with Gasteiger partial charge in [0.1, 0.15) is 6.33 Å². The van der Waals surface area contributed by atoms with E-state index >= 15 is 0 Å². The number of hydrogen-bond acceptors (Lipinski definition) is 5. The van der Waals surface area contributed by atoms with Crippen LogP contribution < -0.4 is 0 Å². The van der Waals surface area contributed by atoms with Gasteiger partial charge in [-0.05, 0) is 42.7 Å². The zero-order chi connectivity index (χ0) is 17.7. The van der Waals surface area contributed by atoms with Crippen LogP contribution in [0, 0.1) is 17.8 Å². The zero-order valence-corrected chi connectivity index (χ0v) is 16.2. The lowest BCUT2D eigenvalue weighted by atomic mass is 10.0. The molecular formula is C20H25N5S. The molecule has 3 aliphatic rings. The highest BCUT2D eigenvalue weighted by molar-refractivity contribution is 7.11. The third-order valence-corrected chi connectivity index (χ3v) is 6.84. The average Bonchev–Trinajstić information content (AvgIpc) is 3.35. The molecule has 0 amide bonds. The first-order valence-corrected chi connectivity index (χ1v) is 10.4. The SMILES string of the molecule is CC1C=C(c2cccs2)n2cnnc2C(N2CC3CN(C)CC3C2)=CC1. The molecule has 0 radical (unpaired) electrons. The van der Waals surface area contributed by atoms with Gasteiger partial charge in [0.05, 0.1) is 16.3 Å². The van der Waals surface area contributed by atoms with E-state index in [1.165, 1.54) is 29.4 Å². The molecule has 3 unspecified atom stereocenters. The number of likely N-dealkylation sites (tertiary alicyclic amines) is 2. The predicted molar refractivity (Wildman–Crippen MR) is 106 cm³/mol. The molecule has 136 valence electrons. The average molecular weight is 368 g/mol. The summed E-state index contributed by atoms with van der Waals surface area (Å²) in [7, 11) is 2.24. The van der Waals surface area contributed by atoms with Crippen molar-refractivity contribution < 1.29 is 0 Å². The summed E-state index contributed by atoms with van der Waals surface area (Å²) in [5.41, 5.74) is 2.49. The molecule has 26 heavy (non-hydrogen) atoms. The van der Waals surface area contributed by atoms with Crippen LogP contribution in [0.1, 0.15) is 24.0 Å². The van der Waals surface area contributed by atoms with E-state index in [4.69, 9.17) is 0 Å². The third-order valence-electron chi connectivity index (χ3n) is 5.94. The minimum Gasteiger partial charge on any atom is -0.368 e. The highest BCUT2D eigenvalue weighted by Crippen LogP contribution is 2.37. The van der Waals surface area contributed by atoms with Crippen LogP contribution in [0.15, 0.2) is 36.0 Å². The molecule has 0 N–H and O–H groups in total. The van der Waals surface area contributed by atoms with Gasteiger partial charge >= 0.3 is 0 Å². The molecule has 2 fully saturated rings. The van der Waals surface area contributed by atoms with Crippen molar-refractivity contribution in [1.29, 1.82) is 0 Å². The molecule has 0 aliphatic carbocycles. The second-order valence-corrected chi connectivity index (χ2v) is 8.95. The Morgan fingerprint density at radius 1 is 1.12 bits per heavy atom. The molecule has 5 heterocycles. The van der Waals surface area contributed by atoms with E-state index in [1.54, 1.807) is 11.3 Å². The summed E-state index contributed by atoms with van der Waals surface area (Å²) in [6, 6.07) is 4.30. The summed E-state index contributed by atoms with van der Waals surface area (Å²) >= 11 is 1.78. The number of nitrogens with zero attached hydrogens (tertiary/aromatic N) is 5. The van der Waals surface area contributed by atoms with Crippen molar-refractivity contribution in [3.8, 4) is 0 Å². The Morgan fingerprint density at radius 2 is 1.92 bits per heavy atom. The first kappa shape index (κ1) is 16.3. The lowest BCUT2D eigenvalue weighted by molar-refractivity contribution is 0.340. The summed E-state index contributed by atoms with van der Waals surface area (Å²) in [5, 5.41) is 11.0. The molecule has 2 saturated heterocycles. The molecular weight excluding hydrogens is 342 g/mol. The smallest absolute Gasteiger partial charge is 0.184 e. The van der Waals surface area contributed by atoms with E-state index in [1.807, 2.05) is 6.33 Å². The van der Waals surface area contributed by atoms with Gasteiger partial charge in [-0.25, -0.2) is 0 Å². The van der Waals surface area contributed by atoms with Crippen LogP contribution >= 0.6 is 11.3 Å². The van der Waals surface area contributed by atoms with Gasteiger partial charge in [-0.2, -0.15) is 0 Å². The minimum absolute atomic E-state index is 0.492. The Bertz CT molecular complexity index is 835. The summed E-state index contributed by atoms with van der Waals surface area (Å²) < 4.78 is 2.19. The summed E-state index contributed by atoms with van der Waals surface area (Å²) in [4.78, 5) is 6.31. The van der Waals surface area contributed by atoms with E-state index in [0.29, 0.717) is 5.92 Å². The molecule has 0 saturated carbocycles. The summed E-state index contributed by atoms with van der Waals surface area (Å²) in [5.74, 6) is 3.05. The second-order valence-electron chi connectivity index (χ2n) is 8.00. The topological polar surface area (TPSA) is 37.2 Å². The van der Waals surface area contributed by atoms with Crippen LogP contribution in [0.3, 0.4) is 0 Å². The van der Waals surface area contributed by atoms with Crippen molar-refractivity contribution >= 4 is 22.7 Å². The number of aromatic nitrogens is 3. The van der Waals surface area contributed by atoms with Crippen LogP contribution in [0.25, 0.3) is 11.4 Å².